The quantitative estimate of drug-likeness (QED) is 0.521. The first-order valence-electron chi connectivity index (χ1n) is 8.26. The standard InChI is InChI=1S/C16H34N2O/c1-4-19-14-6-5-10-17-11-13-18(16-7-8-16)12-9-15(2)3/h15-17H,4-14H2,1-3H3. The van der Waals surface area contributed by atoms with E-state index in [1.165, 1.54) is 45.2 Å². The summed E-state index contributed by atoms with van der Waals surface area (Å²) in [7, 11) is 0. The van der Waals surface area contributed by atoms with E-state index in [2.05, 4.69) is 31.0 Å². The molecular weight excluding hydrogens is 236 g/mol. The lowest BCUT2D eigenvalue weighted by atomic mass is 10.1. The minimum absolute atomic E-state index is 0.827. The molecule has 0 aromatic carbocycles. The van der Waals surface area contributed by atoms with E-state index in [-0.39, 0.29) is 0 Å². The normalized spacial score (nSPS) is 15.6. The van der Waals surface area contributed by atoms with Gasteiger partial charge < -0.3 is 10.1 Å². The number of unbranched alkanes of at least 4 members (excludes halogenated alkanes) is 1. The minimum atomic E-state index is 0.827. The maximum absolute atomic E-state index is 5.34. The van der Waals surface area contributed by atoms with Crippen LogP contribution in [0.1, 0.15) is 52.9 Å². The first-order chi connectivity index (χ1) is 9.24. The predicted molar refractivity (Wildman–Crippen MR) is 82.6 cm³/mol. The highest BCUT2D eigenvalue weighted by Crippen LogP contribution is 2.26. The van der Waals surface area contributed by atoms with Gasteiger partial charge in [0.25, 0.3) is 0 Å². The highest BCUT2D eigenvalue weighted by atomic mass is 16.5. The molecule has 0 heterocycles. The second-order valence-electron chi connectivity index (χ2n) is 6.10. The molecular formula is C16H34N2O. The van der Waals surface area contributed by atoms with Gasteiger partial charge in [-0.2, -0.15) is 0 Å². The van der Waals surface area contributed by atoms with Crippen LogP contribution in [0.25, 0.3) is 0 Å². The van der Waals surface area contributed by atoms with Crippen molar-refractivity contribution in [2.45, 2.75) is 58.9 Å². The van der Waals surface area contributed by atoms with E-state index >= 15 is 0 Å². The first kappa shape index (κ1) is 16.9. The molecule has 0 aliphatic heterocycles. The van der Waals surface area contributed by atoms with Gasteiger partial charge >= 0.3 is 0 Å². The third-order valence-electron chi connectivity index (χ3n) is 3.73. The number of rotatable bonds is 13. The Bertz CT molecular complexity index is 205. The van der Waals surface area contributed by atoms with E-state index in [0.717, 1.165) is 38.3 Å². The Balaban J connectivity index is 1.93. The van der Waals surface area contributed by atoms with E-state index in [1.807, 2.05) is 0 Å². The molecule has 0 radical (unpaired) electrons. The van der Waals surface area contributed by atoms with Gasteiger partial charge in [-0.05, 0) is 58.0 Å². The van der Waals surface area contributed by atoms with E-state index in [4.69, 9.17) is 4.74 Å². The van der Waals surface area contributed by atoms with Crippen LogP contribution in [-0.4, -0.2) is 50.3 Å². The molecule has 1 saturated carbocycles. The van der Waals surface area contributed by atoms with Crippen molar-refractivity contribution in [2.24, 2.45) is 5.92 Å². The van der Waals surface area contributed by atoms with Gasteiger partial charge in [-0.3, -0.25) is 4.90 Å². The summed E-state index contributed by atoms with van der Waals surface area (Å²) in [5.41, 5.74) is 0. The molecule has 114 valence electrons. The Morgan fingerprint density at radius 1 is 1.16 bits per heavy atom. The van der Waals surface area contributed by atoms with Crippen molar-refractivity contribution in [1.82, 2.24) is 10.2 Å². The van der Waals surface area contributed by atoms with Gasteiger partial charge in [0.15, 0.2) is 0 Å². The summed E-state index contributed by atoms with van der Waals surface area (Å²) in [5.74, 6) is 0.827. The minimum Gasteiger partial charge on any atom is -0.382 e. The van der Waals surface area contributed by atoms with Crippen LogP contribution in [0.15, 0.2) is 0 Å². The van der Waals surface area contributed by atoms with Crippen LogP contribution in [0.2, 0.25) is 0 Å². The number of hydrogen-bond donors (Lipinski definition) is 1. The van der Waals surface area contributed by atoms with E-state index < -0.39 is 0 Å². The molecule has 0 spiro atoms. The van der Waals surface area contributed by atoms with Crippen molar-refractivity contribution in [3.8, 4) is 0 Å². The van der Waals surface area contributed by atoms with Crippen molar-refractivity contribution in [2.75, 3.05) is 39.4 Å². The topological polar surface area (TPSA) is 24.5 Å². The van der Waals surface area contributed by atoms with Crippen LogP contribution in [0, 0.1) is 5.92 Å². The van der Waals surface area contributed by atoms with Gasteiger partial charge in [0.05, 0.1) is 0 Å². The molecule has 19 heavy (non-hydrogen) atoms. The van der Waals surface area contributed by atoms with Gasteiger partial charge in [-0.1, -0.05) is 13.8 Å². The molecule has 3 nitrogen and oxygen atoms in total. The Kier molecular flexibility index (Phi) is 9.48. The summed E-state index contributed by atoms with van der Waals surface area (Å²) in [5, 5.41) is 3.57. The summed E-state index contributed by atoms with van der Waals surface area (Å²) < 4.78 is 5.34. The smallest absolute Gasteiger partial charge is 0.0466 e. The molecule has 0 amide bonds. The lowest BCUT2D eigenvalue weighted by Crippen LogP contribution is -2.35. The fourth-order valence-electron chi connectivity index (χ4n) is 2.29. The maximum Gasteiger partial charge on any atom is 0.0466 e. The molecule has 0 aromatic heterocycles. The molecule has 1 aliphatic carbocycles. The van der Waals surface area contributed by atoms with Gasteiger partial charge in [-0.15, -0.1) is 0 Å². The van der Waals surface area contributed by atoms with Crippen molar-refractivity contribution in [3.63, 3.8) is 0 Å². The van der Waals surface area contributed by atoms with Crippen LogP contribution >= 0.6 is 0 Å². The summed E-state index contributed by atoms with van der Waals surface area (Å²) in [6, 6.07) is 0.901. The predicted octanol–water partition coefficient (Wildman–Crippen LogP) is 2.90. The Morgan fingerprint density at radius 3 is 2.58 bits per heavy atom. The third kappa shape index (κ3) is 9.42. The van der Waals surface area contributed by atoms with Crippen LogP contribution < -0.4 is 5.32 Å². The highest BCUT2D eigenvalue weighted by Gasteiger charge is 2.28. The van der Waals surface area contributed by atoms with Crippen LogP contribution in [-0.2, 0) is 4.74 Å². The molecule has 1 N–H and O–H groups in total. The molecule has 0 aromatic rings. The van der Waals surface area contributed by atoms with Gasteiger partial charge in [0.1, 0.15) is 0 Å². The van der Waals surface area contributed by atoms with E-state index in [9.17, 15) is 0 Å². The Morgan fingerprint density at radius 2 is 1.95 bits per heavy atom. The van der Waals surface area contributed by atoms with Crippen molar-refractivity contribution in [3.05, 3.63) is 0 Å². The van der Waals surface area contributed by atoms with Crippen molar-refractivity contribution < 1.29 is 4.74 Å². The Hall–Kier alpha value is -0.120. The van der Waals surface area contributed by atoms with Crippen LogP contribution in [0.4, 0.5) is 0 Å². The Labute approximate surface area is 120 Å². The van der Waals surface area contributed by atoms with Gasteiger partial charge in [-0.25, -0.2) is 0 Å². The largest absolute Gasteiger partial charge is 0.382 e. The monoisotopic (exact) mass is 270 g/mol. The lowest BCUT2D eigenvalue weighted by Gasteiger charge is -2.23. The van der Waals surface area contributed by atoms with Gasteiger partial charge in [0, 0.05) is 32.3 Å². The molecule has 1 fully saturated rings. The second-order valence-corrected chi connectivity index (χ2v) is 6.10. The van der Waals surface area contributed by atoms with E-state index in [0.29, 0.717) is 0 Å². The zero-order valence-electron chi connectivity index (χ0n) is 13.3. The highest BCUT2D eigenvalue weighted by molar-refractivity contribution is 4.84. The second kappa shape index (κ2) is 10.6. The molecule has 0 unspecified atom stereocenters. The van der Waals surface area contributed by atoms with Crippen LogP contribution in [0.5, 0.6) is 0 Å². The molecule has 0 bridgehead atoms. The van der Waals surface area contributed by atoms with E-state index in [1.54, 1.807) is 0 Å². The molecule has 0 saturated heterocycles. The summed E-state index contributed by atoms with van der Waals surface area (Å²) in [6.07, 6.45) is 6.60. The zero-order valence-corrected chi connectivity index (χ0v) is 13.3. The van der Waals surface area contributed by atoms with Crippen molar-refractivity contribution in [1.29, 1.82) is 0 Å². The lowest BCUT2D eigenvalue weighted by molar-refractivity contribution is 0.143. The average molecular weight is 270 g/mol. The number of hydrogen-bond acceptors (Lipinski definition) is 3. The maximum atomic E-state index is 5.34. The zero-order chi connectivity index (χ0) is 13.9. The third-order valence-corrected chi connectivity index (χ3v) is 3.73. The molecule has 1 aliphatic rings. The van der Waals surface area contributed by atoms with Crippen molar-refractivity contribution >= 4 is 0 Å². The summed E-state index contributed by atoms with van der Waals surface area (Å²) in [4.78, 5) is 2.69. The first-order valence-corrected chi connectivity index (χ1v) is 8.26. The summed E-state index contributed by atoms with van der Waals surface area (Å²) >= 11 is 0. The molecule has 3 heteroatoms. The fourth-order valence-corrected chi connectivity index (χ4v) is 2.29. The van der Waals surface area contributed by atoms with Crippen LogP contribution in [0.3, 0.4) is 0 Å². The average Bonchev–Trinajstić information content (AvgIpc) is 3.20. The van der Waals surface area contributed by atoms with Gasteiger partial charge in [0.2, 0.25) is 0 Å². The molecule has 0 atom stereocenters. The number of nitrogens with zero attached hydrogens (tertiary/aromatic N) is 1. The SMILES string of the molecule is CCOCCCCNCCN(CCC(C)C)C1CC1. The fraction of sp³-hybridized carbons (Fsp3) is 1.00. The number of ether oxygens (including phenoxy) is 1. The number of nitrogens with one attached hydrogen (secondary N) is 1. The summed E-state index contributed by atoms with van der Waals surface area (Å²) in [6.45, 7) is 13.3. The molecule has 1 rings (SSSR count).